The predicted molar refractivity (Wildman–Crippen MR) is 118 cm³/mol. The standard InChI is InChI=1S/C23H27N5O/c1-15(2)11-13-25-22(29)17-7-9-18(10-8-17)27-23-26-14-12-21(28-23)19-5-4-6-20(24)16(19)3/h4-10,12,14-15H,11,13,24H2,1-3H3,(H,25,29)(H,26,27,28). The Balaban J connectivity index is 1.69. The molecule has 6 heteroatoms. The van der Waals surface area contributed by atoms with Crippen LogP contribution in [0.5, 0.6) is 0 Å². The summed E-state index contributed by atoms with van der Waals surface area (Å²) in [5, 5.41) is 6.13. The fourth-order valence-corrected chi connectivity index (χ4v) is 2.91. The molecule has 4 N–H and O–H groups in total. The van der Waals surface area contributed by atoms with Gasteiger partial charge in [-0.2, -0.15) is 0 Å². The molecule has 0 spiro atoms. The summed E-state index contributed by atoms with van der Waals surface area (Å²) in [6, 6.07) is 14.9. The number of hydrogen-bond donors (Lipinski definition) is 3. The van der Waals surface area contributed by atoms with Crippen molar-refractivity contribution in [2.75, 3.05) is 17.6 Å². The molecular weight excluding hydrogens is 362 g/mol. The van der Waals surface area contributed by atoms with E-state index in [9.17, 15) is 4.79 Å². The van der Waals surface area contributed by atoms with Crippen LogP contribution in [0.3, 0.4) is 0 Å². The molecule has 0 saturated carbocycles. The number of hydrogen-bond acceptors (Lipinski definition) is 5. The van der Waals surface area contributed by atoms with Crippen molar-refractivity contribution in [1.82, 2.24) is 15.3 Å². The van der Waals surface area contributed by atoms with Crippen LogP contribution < -0.4 is 16.4 Å². The SMILES string of the molecule is Cc1c(N)cccc1-c1ccnc(Nc2ccc(C(=O)NCCC(C)C)cc2)n1. The van der Waals surface area contributed by atoms with Gasteiger partial charge < -0.3 is 16.4 Å². The van der Waals surface area contributed by atoms with Crippen LogP contribution in [0.1, 0.15) is 36.2 Å². The van der Waals surface area contributed by atoms with Crippen LogP contribution in [0.4, 0.5) is 17.3 Å². The first-order chi connectivity index (χ1) is 13.9. The summed E-state index contributed by atoms with van der Waals surface area (Å²) in [6.07, 6.45) is 2.68. The summed E-state index contributed by atoms with van der Waals surface area (Å²) in [7, 11) is 0. The predicted octanol–water partition coefficient (Wildman–Crippen LogP) is 4.55. The van der Waals surface area contributed by atoms with Crippen LogP contribution in [0, 0.1) is 12.8 Å². The molecule has 1 aromatic heterocycles. The van der Waals surface area contributed by atoms with E-state index in [0.717, 1.165) is 34.6 Å². The quantitative estimate of drug-likeness (QED) is 0.515. The normalized spacial score (nSPS) is 10.8. The summed E-state index contributed by atoms with van der Waals surface area (Å²) < 4.78 is 0. The molecule has 0 aliphatic rings. The molecule has 2 aromatic carbocycles. The lowest BCUT2D eigenvalue weighted by molar-refractivity contribution is 0.0952. The highest BCUT2D eigenvalue weighted by Gasteiger charge is 2.09. The number of carbonyl (C=O) groups excluding carboxylic acids is 1. The Kier molecular flexibility index (Phi) is 6.44. The van der Waals surface area contributed by atoms with Crippen molar-refractivity contribution in [2.45, 2.75) is 27.2 Å². The number of nitrogens with two attached hydrogens (primary N) is 1. The molecule has 0 unspecified atom stereocenters. The van der Waals surface area contributed by atoms with Crippen LogP contribution in [-0.4, -0.2) is 22.4 Å². The van der Waals surface area contributed by atoms with E-state index in [1.54, 1.807) is 18.3 Å². The van der Waals surface area contributed by atoms with E-state index in [1.807, 2.05) is 43.3 Å². The second-order valence-corrected chi connectivity index (χ2v) is 7.43. The molecule has 29 heavy (non-hydrogen) atoms. The van der Waals surface area contributed by atoms with Gasteiger partial charge in [-0.3, -0.25) is 4.79 Å². The van der Waals surface area contributed by atoms with E-state index in [-0.39, 0.29) is 5.91 Å². The molecule has 0 bridgehead atoms. The second kappa shape index (κ2) is 9.19. The van der Waals surface area contributed by atoms with Gasteiger partial charge in [-0.15, -0.1) is 0 Å². The van der Waals surface area contributed by atoms with E-state index < -0.39 is 0 Å². The van der Waals surface area contributed by atoms with Gasteiger partial charge in [0.25, 0.3) is 5.91 Å². The van der Waals surface area contributed by atoms with Crippen LogP contribution in [-0.2, 0) is 0 Å². The molecule has 0 aliphatic heterocycles. The number of amides is 1. The molecule has 0 fully saturated rings. The zero-order valence-corrected chi connectivity index (χ0v) is 17.1. The number of aromatic nitrogens is 2. The van der Waals surface area contributed by atoms with Crippen molar-refractivity contribution in [3.63, 3.8) is 0 Å². The largest absolute Gasteiger partial charge is 0.398 e. The molecule has 0 saturated heterocycles. The number of nitrogen functional groups attached to an aromatic ring is 1. The van der Waals surface area contributed by atoms with Gasteiger partial charge in [0, 0.05) is 35.2 Å². The Morgan fingerprint density at radius 3 is 2.59 bits per heavy atom. The highest BCUT2D eigenvalue weighted by molar-refractivity contribution is 5.94. The average molecular weight is 390 g/mol. The van der Waals surface area contributed by atoms with Crippen molar-refractivity contribution in [1.29, 1.82) is 0 Å². The molecule has 0 aliphatic carbocycles. The third-order valence-electron chi connectivity index (χ3n) is 4.72. The first kappa shape index (κ1) is 20.3. The third-order valence-corrected chi connectivity index (χ3v) is 4.72. The second-order valence-electron chi connectivity index (χ2n) is 7.43. The van der Waals surface area contributed by atoms with Gasteiger partial charge in [-0.1, -0.05) is 26.0 Å². The number of benzene rings is 2. The maximum atomic E-state index is 12.2. The minimum absolute atomic E-state index is 0.0624. The maximum Gasteiger partial charge on any atom is 0.251 e. The summed E-state index contributed by atoms with van der Waals surface area (Å²) in [6.45, 7) is 6.93. The Bertz CT molecular complexity index is 983. The van der Waals surface area contributed by atoms with E-state index in [4.69, 9.17) is 5.73 Å². The fourth-order valence-electron chi connectivity index (χ4n) is 2.91. The van der Waals surface area contributed by atoms with E-state index in [0.29, 0.717) is 24.0 Å². The molecule has 0 atom stereocenters. The maximum absolute atomic E-state index is 12.2. The van der Waals surface area contributed by atoms with Crippen molar-refractivity contribution in [3.05, 3.63) is 65.9 Å². The smallest absolute Gasteiger partial charge is 0.251 e. The van der Waals surface area contributed by atoms with Gasteiger partial charge in [0.15, 0.2) is 0 Å². The number of anilines is 3. The molecule has 1 amide bonds. The monoisotopic (exact) mass is 389 g/mol. The Labute approximate surface area is 171 Å². The van der Waals surface area contributed by atoms with Crippen molar-refractivity contribution in [3.8, 4) is 11.3 Å². The highest BCUT2D eigenvalue weighted by Crippen LogP contribution is 2.26. The summed E-state index contributed by atoms with van der Waals surface area (Å²) in [5.41, 5.74) is 11.0. The number of nitrogens with zero attached hydrogens (tertiary/aromatic N) is 2. The van der Waals surface area contributed by atoms with Crippen LogP contribution in [0.15, 0.2) is 54.7 Å². The Hall–Kier alpha value is -3.41. The van der Waals surface area contributed by atoms with Crippen LogP contribution in [0.25, 0.3) is 11.3 Å². The molecular formula is C23H27N5O. The van der Waals surface area contributed by atoms with E-state index in [1.165, 1.54) is 0 Å². The molecule has 3 rings (SSSR count). The fraction of sp³-hybridized carbons (Fsp3) is 0.261. The minimum atomic E-state index is -0.0624. The highest BCUT2D eigenvalue weighted by atomic mass is 16.1. The van der Waals surface area contributed by atoms with Gasteiger partial charge in [0.2, 0.25) is 5.95 Å². The first-order valence-corrected chi connectivity index (χ1v) is 9.78. The lowest BCUT2D eigenvalue weighted by Gasteiger charge is -2.10. The lowest BCUT2D eigenvalue weighted by atomic mass is 10.0. The molecule has 3 aromatic rings. The Morgan fingerprint density at radius 2 is 1.86 bits per heavy atom. The lowest BCUT2D eigenvalue weighted by Crippen LogP contribution is -2.25. The number of nitrogens with one attached hydrogen (secondary N) is 2. The molecule has 0 radical (unpaired) electrons. The van der Waals surface area contributed by atoms with E-state index in [2.05, 4.69) is 34.4 Å². The van der Waals surface area contributed by atoms with E-state index >= 15 is 0 Å². The molecule has 150 valence electrons. The van der Waals surface area contributed by atoms with Gasteiger partial charge in [-0.25, -0.2) is 9.97 Å². The zero-order valence-electron chi connectivity index (χ0n) is 17.1. The average Bonchev–Trinajstić information content (AvgIpc) is 2.70. The summed E-state index contributed by atoms with van der Waals surface area (Å²) in [5.74, 6) is 0.986. The Morgan fingerprint density at radius 1 is 1.10 bits per heavy atom. The van der Waals surface area contributed by atoms with Gasteiger partial charge in [0.05, 0.1) is 5.69 Å². The van der Waals surface area contributed by atoms with Crippen LogP contribution >= 0.6 is 0 Å². The van der Waals surface area contributed by atoms with Crippen LogP contribution in [0.2, 0.25) is 0 Å². The topological polar surface area (TPSA) is 92.9 Å². The van der Waals surface area contributed by atoms with Gasteiger partial charge >= 0.3 is 0 Å². The minimum Gasteiger partial charge on any atom is -0.398 e. The third kappa shape index (κ3) is 5.31. The van der Waals surface area contributed by atoms with Gasteiger partial charge in [-0.05, 0) is 61.2 Å². The first-order valence-electron chi connectivity index (χ1n) is 9.78. The van der Waals surface area contributed by atoms with Gasteiger partial charge in [0.1, 0.15) is 0 Å². The molecule has 6 nitrogen and oxygen atoms in total. The number of rotatable bonds is 7. The summed E-state index contributed by atoms with van der Waals surface area (Å²) in [4.78, 5) is 21.1. The van der Waals surface area contributed by atoms with Crippen molar-refractivity contribution >= 4 is 23.2 Å². The molecule has 1 heterocycles. The number of carbonyl (C=O) groups is 1. The van der Waals surface area contributed by atoms with Crippen molar-refractivity contribution in [2.24, 2.45) is 5.92 Å². The summed E-state index contributed by atoms with van der Waals surface area (Å²) >= 11 is 0. The van der Waals surface area contributed by atoms with Crippen molar-refractivity contribution < 1.29 is 4.79 Å². The zero-order chi connectivity index (χ0) is 20.8.